The molecule has 0 aliphatic carbocycles. The summed E-state index contributed by atoms with van der Waals surface area (Å²) in [7, 11) is 1.34. The van der Waals surface area contributed by atoms with Crippen LogP contribution in [-0.4, -0.2) is 29.7 Å². The lowest BCUT2D eigenvalue weighted by atomic mass is 10.0. The number of carbonyl (C=O) groups excluding carboxylic acids is 2. The molecular weight excluding hydrogens is 324 g/mol. The number of amides is 1. The lowest BCUT2D eigenvalue weighted by Gasteiger charge is -2.25. The fourth-order valence-corrected chi connectivity index (χ4v) is 4.23. The molecule has 0 spiro atoms. The molecule has 1 aromatic heterocycles. The van der Waals surface area contributed by atoms with E-state index in [4.69, 9.17) is 4.74 Å². The van der Waals surface area contributed by atoms with Gasteiger partial charge in [0.25, 0.3) is 5.91 Å². The van der Waals surface area contributed by atoms with Crippen LogP contribution < -0.4 is 5.32 Å². The third kappa shape index (κ3) is 2.94. The predicted octanol–water partition coefficient (Wildman–Crippen LogP) is 3.39. The number of H-pyrrole nitrogens is 1. The first-order valence-electron chi connectivity index (χ1n) is 7.83. The molecule has 0 saturated carbocycles. The van der Waals surface area contributed by atoms with E-state index in [-0.39, 0.29) is 11.9 Å². The van der Waals surface area contributed by atoms with Gasteiger partial charge in [0.1, 0.15) is 5.69 Å². The number of aromatic nitrogens is 1. The summed E-state index contributed by atoms with van der Waals surface area (Å²) in [5.41, 5.74) is 3.27. The molecule has 2 aromatic rings. The van der Waals surface area contributed by atoms with Gasteiger partial charge in [-0.25, -0.2) is 4.79 Å². The fourth-order valence-electron chi connectivity index (χ4n) is 3.11. The van der Waals surface area contributed by atoms with Crippen molar-refractivity contribution in [3.63, 3.8) is 0 Å². The minimum Gasteiger partial charge on any atom is -0.465 e. The second-order valence-electron chi connectivity index (χ2n) is 5.82. The molecular formula is C18H20N2O3S. The van der Waals surface area contributed by atoms with E-state index in [0.717, 1.165) is 17.7 Å². The molecule has 1 aromatic carbocycles. The number of benzene rings is 1. The Labute approximate surface area is 145 Å². The minimum atomic E-state index is -0.431. The largest absolute Gasteiger partial charge is 0.465 e. The second kappa shape index (κ2) is 6.73. The molecule has 1 aliphatic rings. The average molecular weight is 344 g/mol. The van der Waals surface area contributed by atoms with Crippen LogP contribution in [0.4, 0.5) is 0 Å². The van der Waals surface area contributed by atoms with Gasteiger partial charge in [0, 0.05) is 16.3 Å². The maximum absolute atomic E-state index is 12.7. The van der Waals surface area contributed by atoms with Crippen LogP contribution >= 0.6 is 11.8 Å². The highest BCUT2D eigenvalue weighted by atomic mass is 32.2. The normalized spacial score (nSPS) is 16.4. The summed E-state index contributed by atoms with van der Waals surface area (Å²) in [4.78, 5) is 28.8. The molecule has 2 heterocycles. The number of hydrogen-bond acceptors (Lipinski definition) is 4. The number of methoxy groups -OCH3 is 1. The summed E-state index contributed by atoms with van der Waals surface area (Å²) in [6.07, 6.45) is 0.885. The maximum Gasteiger partial charge on any atom is 0.339 e. The molecule has 1 atom stereocenters. The van der Waals surface area contributed by atoms with E-state index in [2.05, 4.69) is 22.4 Å². The average Bonchev–Trinajstić information content (AvgIpc) is 2.89. The third-order valence-corrected chi connectivity index (χ3v) is 5.44. The number of ether oxygens (including phenoxy) is 1. The predicted molar refractivity (Wildman–Crippen MR) is 93.6 cm³/mol. The van der Waals surface area contributed by atoms with Gasteiger partial charge in [-0.2, -0.15) is 0 Å². The molecule has 1 unspecified atom stereocenters. The summed E-state index contributed by atoms with van der Waals surface area (Å²) in [6.45, 7) is 3.53. The Bertz CT molecular complexity index is 798. The quantitative estimate of drug-likeness (QED) is 0.837. The fraction of sp³-hybridized carbons (Fsp3) is 0.333. The van der Waals surface area contributed by atoms with E-state index in [0.29, 0.717) is 22.5 Å². The smallest absolute Gasteiger partial charge is 0.339 e. The van der Waals surface area contributed by atoms with Crippen molar-refractivity contribution >= 4 is 23.6 Å². The minimum absolute atomic E-state index is 0.0143. The number of rotatable bonds is 3. The van der Waals surface area contributed by atoms with Crippen LogP contribution in [-0.2, 0) is 4.74 Å². The van der Waals surface area contributed by atoms with Gasteiger partial charge >= 0.3 is 5.97 Å². The first kappa shape index (κ1) is 16.6. The molecule has 2 N–H and O–H groups in total. The lowest BCUT2D eigenvalue weighted by molar-refractivity contribution is 0.0599. The van der Waals surface area contributed by atoms with Crippen LogP contribution in [0, 0.1) is 13.8 Å². The Hall–Kier alpha value is -2.21. The van der Waals surface area contributed by atoms with Crippen molar-refractivity contribution < 1.29 is 14.3 Å². The highest BCUT2D eigenvalue weighted by Gasteiger charge is 2.26. The zero-order chi connectivity index (χ0) is 17.3. The number of carbonyl (C=O) groups is 2. The second-order valence-corrected chi connectivity index (χ2v) is 6.95. The van der Waals surface area contributed by atoms with Gasteiger partial charge in [0.15, 0.2) is 0 Å². The van der Waals surface area contributed by atoms with E-state index in [1.54, 1.807) is 13.8 Å². The highest BCUT2D eigenvalue weighted by molar-refractivity contribution is 7.99. The topological polar surface area (TPSA) is 71.2 Å². The molecule has 0 saturated heterocycles. The van der Waals surface area contributed by atoms with E-state index in [1.165, 1.54) is 12.0 Å². The molecule has 0 radical (unpaired) electrons. The number of esters is 1. The standard InChI is InChI=1S/C18H20N2O3S/c1-10-15(18(22)23-3)11(2)19-16(10)17(21)20-13-8-9-24-14-7-5-4-6-12(13)14/h4-7,13,19H,8-9H2,1-3H3,(H,20,21). The summed E-state index contributed by atoms with van der Waals surface area (Å²) in [5.74, 6) is 0.343. The Morgan fingerprint density at radius 1 is 1.29 bits per heavy atom. The number of nitrogens with one attached hydrogen (secondary N) is 2. The van der Waals surface area contributed by atoms with E-state index in [9.17, 15) is 9.59 Å². The molecule has 0 fully saturated rings. The van der Waals surface area contributed by atoms with Crippen molar-refractivity contribution in [2.75, 3.05) is 12.9 Å². The maximum atomic E-state index is 12.7. The summed E-state index contributed by atoms with van der Waals surface area (Å²) in [5, 5.41) is 3.09. The SMILES string of the molecule is COC(=O)c1c(C)[nH]c(C(=O)NC2CCSc3ccccc32)c1C. The van der Waals surface area contributed by atoms with Crippen LogP contribution in [0.1, 0.15) is 50.1 Å². The van der Waals surface area contributed by atoms with Crippen molar-refractivity contribution in [3.8, 4) is 0 Å². The molecule has 126 valence electrons. The van der Waals surface area contributed by atoms with Gasteiger partial charge in [-0.05, 0) is 37.5 Å². The van der Waals surface area contributed by atoms with Gasteiger partial charge in [-0.1, -0.05) is 18.2 Å². The van der Waals surface area contributed by atoms with Crippen molar-refractivity contribution in [1.82, 2.24) is 10.3 Å². The number of aromatic amines is 1. The summed E-state index contributed by atoms with van der Waals surface area (Å²) >= 11 is 1.81. The molecule has 1 amide bonds. The van der Waals surface area contributed by atoms with Gasteiger partial charge in [-0.15, -0.1) is 11.8 Å². The Kier molecular flexibility index (Phi) is 4.66. The van der Waals surface area contributed by atoms with Crippen molar-refractivity contribution in [2.45, 2.75) is 31.2 Å². The number of hydrogen-bond donors (Lipinski definition) is 2. The molecule has 24 heavy (non-hydrogen) atoms. The molecule has 3 rings (SSSR count). The van der Waals surface area contributed by atoms with E-state index >= 15 is 0 Å². The molecule has 5 nitrogen and oxygen atoms in total. The van der Waals surface area contributed by atoms with Gasteiger partial charge in [0.05, 0.1) is 18.7 Å². The Balaban J connectivity index is 1.86. The number of fused-ring (bicyclic) bond motifs is 1. The molecule has 0 bridgehead atoms. The van der Waals surface area contributed by atoms with Crippen LogP contribution in [0.15, 0.2) is 29.2 Å². The lowest BCUT2D eigenvalue weighted by Crippen LogP contribution is -2.31. The first-order valence-corrected chi connectivity index (χ1v) is 8.81. The Morgan fingerprint density at radius 2 is 2.04 bits per heavy atom. The van der Waals surface area contributed by atoms with Crippen molar-refractivity contribution in [3.05, 3.63) is 52.3 Å². The van der Waals surface area contributed by atoms with Crippen LogP contribution in [0.5, 0.6) is 0 Å². The van der Waals surface area contributed by atoms with Gasteiger partial charge in [-0.3, -0.25) is 4.79 Å². The van der Waals surface area contributed by atoms with Crippen molar-refractivity contribution in [2.24, 2.45) is 0 Å². The number of aryl methyl sites for hydroxylation is 1. The van der Waals surface area contributed by atoms with Gasteiger partial charge in [0.2, 0.25) is 0 Å². The van der Waals surface area contributed by atoms with Crippen LogP contribution in [0.2, 0.25) is 0 Å². The first-order chi connectivity index (χ1) is 11.5. The molecule has 1 aliphatic heterocycles. The van der Waals surface area contributed by atoms with Crippen LogP contribution in [0.3, 0.4) is 0 Å². The third-order valence-electron chi connectivity index (χ3n) is 4.32. The van der Waals surface area contributed by atoms with Gasteiger partial charge < -0.3 is 15.0 Å². The monoisotopic (exact) mass is 344 g/mol. The molecule has 6 heteroatoms. The summed E-state index contributed by atoms with van der Waals surface area (Å²) in [6, 6.07) is 8.12. The zero-order valence-electron chi connectivity index (χ0n) is 13.9. The van der Waals surface area contributed by atoms with Crippen LogP contribution in [0.25, 0.3) is 0 Å². The highest BCUT2D eigenvalue weighted by Crippen LogP contribution is 2.36. The number of thioether (sulfide) groups is 1. The summed E-state index contributed by atoms with van der Waals surface area (Å²) < 4.78 is 4.79. The Morgan fingerprint density at radius 3 is 2.79 bits per heavy atom. The zero-order valence-corrected chi connectivity index (χ0v) is 14.8. The van der Waals surface area contributed by atoms with E-state index in [1.807, 2.05) is 23.9 Å². The van der Waals surface area contributed by atoms with E-state index < -0.39 is 5.97 Å². The van der Waals surface area contributed by atoms with Crippen molar-refractivity contribution in [1.29, 1.82) is 0 Å².